The Morgan fingerprint density at radius 1 is 0.625 bits per heavy atom. The van der Waals surface area contributed by atoms with Crippen molar-refractivity contribution in [2.45, 2.75) is 148 Å². The lowest BCUT2D eigenvalue weighted by atomic mass is 9.74. The maximum Gasteiger partial charge on any atom is 0.136 e. The smallest absolute Gasteiger partial charge is 0.136 e. The minimum Gasteiger partial charge on any atom is -0.496 e. The van der Waals surface area contributed by atoms with Crippen LogP contribution < -0.4 is 20.5 Å². The van der Waals surface area contributed by atoms with Gasteiger partial charge in [-0.05, 0) is 102 Å². The van der Waals surface area contributed by atoms with Gasteiger partial charge in [0, 0.05) is 28.0 Å². The van der Waals surface area contributed by atoms with Crippen molar-refractivity contribution < 1.29 is 9.47 Å². The third kappa shape index (κ3) is 7.22. The van der Waals surface area contributed by atoms with Crippen molar-refractivity contribution in [3.63, 3.8) is 0 Å². The quantitative estimate of drug-likeness (QED) is 0.204. The molecule has 0 heterocycles. The molecule has 3 aromatic carbocycles. The molecular weight excluding hydrogens is 629 g/mol. The van der Waals surface area contributed by atoms with Crippen LogP contribution in [0.1, 0.15) is 159 Å². The molecular formula is C43H61ClNO2P. The molecule has 1 atom stereocenters. The molecule has 0 amide bonds. The van der Waals surface area contributed by atoms with Gasteiger partial charge in [0.25, 0.3) is 0 Å². The Hall–Kier alpha value is -2.06. The van der Waals surface area contributed by atoms with Crippen LogP contribution in [0, 0.1) is 0 Å². The third-order valence-corrected chi connectivity index (χ3v) is 15.0. The van der Waals surface area contributed by atoms with Gasteiger partial charge in [-0.2, -0.15) is 0 Å². The monoisotopic (exact) mass is 689 g/mol. The zero-order valence-corrected chi connectivity index (χ0v) is 32.9. The lowest BCUT2D eigenvalue weighted by Crippen LogP contribution is -2.28. The molecule has 2 N–H and O–H groups in total. The Morgan fingerprint density at radius 3 is 1.62 bits per heavy atom. The van der Waals surface area contributed by atoms with Gasteiger partial charge in [-0.1, -0.05) is 124 Å². The number of hydrogen-bond acceptors (Lipinski definition) is 3. The second-order valence-corrected chi connectivity index (χ2v) is 18.5. The van der Waals surface area contributed by atoms with Crippen molar-refractivity contribution in [1.29, 1.82) is 0 Å². The zero-order chi connectivity index (χ0) is 34.7. The fraction of sp³-hybridized carbons (Fsp3) is 0.581. The lowest BCUT2D eigenvalue weighted by molar-refractivity contribution is 0.405. The summed E-state index contributed by atoms with van der Waals surface area (Å²) in [5.74, 6) is 2.78. The molecule has 48 heavy (non-hydrogen) atoms. The van der Waals surface area contributed by atoms with Crippen molar-refractivity contribution in [2.75, 3.05) is 14.2 Å². The van der Waals surface area contributed by atoms with E-state index >= 15 is 0 Å². The highest BCUT2D eigenvalue weighted by molar-refractivity contribution is 7.67. The Balaban J connectivity index is 1.96. The van der Waals surface area contributed by atoms with Gasteiger partial charge in [0.15, 0.2) is 0 Å². The summed E-state index contributed by atoms with van der Waals surface area (Å²) in [5, 5.41) is 2.17. The van der Waals surface area contributed by atoms with Gasteiger partial charge in [-0.25, -0.2) is 0 Å². The predicted molar refractivity (Wildman–Crippen MR) is 211 cm³/mol. The van der Waals surface area contributed by atoms with E-state index < -0.39 is 7.92 Å². The van der Waals surface area contributed by atoms with Gasteiger partial charge in [-0.3, -0.25) is 0 Å². The van der Waals surface area contributed by atoms with Crippen LogP contribution in [0.5, 0.6) is 11.5 Å². The average Bonchev–Trinajstić information content (AvgIpc) is 3.08. The van der Waals surface area contributed by atoms with Crippen LogP contribution in [0.2, 0.25) is 5.02 Å². The summed E-state index contributed by atoms with van der Waals surface area (Å²) in [6.07, 6.45) is 13.2. The molecule has 262 valence electrons. The normalized spacial score (nSPS) is 17.1. The first-order chi connectivity index (χ1) is 23.0. The summed E-state index contributed by atoms with van der Waals surface area (Å²) in [6.45, 7) is 16.1. The summed E-state index contributed by atoms with van der Waals surface area (Å²) in [6, 6.07) is 13.0. The molecule has 0 spiro atoms. The van der Waals surface area contributed by atoms with Gasteiger partial charge in [-0.15, -0.1) is 0 Å². The van der Waals surface area contributed by atoms with Crippen LogP contribution in [0.15, 0.2) is 36.4 Å². The summed E-state index contributed by atoms with van der Waals surface area (Å²) in [4.78, 5) is 0. The van der Waals surface area contributed by atoms with Crippen LogP contribution in [-0.4, -0.2) is 25.5 Å². The second kappa shape index (κ2) is 16.3. The van der Waals surface area contributed by atoms with Gasteiger partial charge in [0.05, 0.1) is 19.2 Å². The standard InChI is InChI=1S/C43H61ClNO2P/c1-26(2)36-37(27(3)4)39(33-23-17-16-22-32(33)29(7)45)40(42(47-9)38(36)28(5)6)34-24-25-35(44)43(41(34)46-8)48(30-18-12-10-13-19-30)31-20-14-11-15-21-31/h16-17,22-31H,10-15,18-21,45H2,1-9H3. The van der Waals surface area contributed by atoms with Crippen molar-refractivity contribution in [1.82, 2.24) is 0 Å². The van der Waals surface area contributed by atoms with Crippen molar-refractivity contribution in [3.05, 3.63) is 63.7 Å². The van der Waals surface area contributed by atoms with E-state index in [1.165, 1.54) is 97.3 Å². The fourth-order valence-corrected chi connectivity index (χ4v) is 13.4. The molecule has 0 aromatic heterocycles. The molecule has 0 radical (unpaired) electrons. The Kier molecular flexibility index (Phi) is 12.6. The zero-order valence-electron chi connectivity index (χ0n) is 31.2. The summed E-state index contributed by atoms with van der Waals surface area (Å²) in [7, 11) is 3.20. The van der Waals surface area contributed by atoms with Crippen LogP contribution in [0.3, 0.4) is 0 Å². The minimum absolute atomic E-state index is 0.125. The van der Waals surface area contributed by atoms with E-state index in [0.29, 0.717) is 17.2 Å². The third-order valence-electron chi connectivity index (χ3n) is 11.0. The number of benzene rings is 3. The number of methoxy groups -OCH3 is 2. The van der Waals surface area contributed by atoms with Gasteiger partial charge in [0.2, 0.25) is 0 Å². The molecule has 2 aliphatic carbocycles. The largest absolute Gasteiger partial charge is 0.496 e. The maximum atomic E-state index is 7.42. The number of rotatable bonds is 11. The van der Waals surface area contributed by atoms with Crippen LogP contribution >= 0.6 is 19.5 Å². The highest BCUT2D eigenvalue weighted by Gasteiger charge is 2.38. The molecule has 3 nitrogen and oxygen atoms in total. The number of halogens is 1. The minimum atomic E-state index is -0.515. The Labute approximate surface area is 298 Å². The van der Waals surface area contributed by atoms with E-state index in [0.717, 1.165) is 33.2 Å². The first-order valence-electron chi connectivity index (χ1n) is 18.8. The summed E-state index contributed by atoms with van der Waals surface area (Å²) >= 11 is 7.42. The first kappa shape index (κ1) is 37.2. The average molecular weight is 690 g/mol. The predicted octanol–water partition coefficient (Wildman–Crippen LogP) is 12.9. The second-order valence-electron chi connectivity index (χ2n) is 15.3. The fourth-order valence-electron chi connectivity index (χ4n) is 9.02. The molecule has 2 aliphatic rings. The maximum absolute atomic E-state index is 7.42. The SMILES string of the molecule is COc1c(-c2ccc(Cl)c(P(C3CCCCC3)C3CCCCC3)c2OC)c(-c2ccccc2C(C)N)c(C(C)C)c(C(C)C)c1C(C)C. The molecule has 5 heteroatoms. The van der Waals surface area contributed by atoms with E-state index in [1.54, 1.807) is 0 Å². The van der Waals surface area contributed by atoms with E-state index in [4.69, 9.17) is 26.8 Å². The van der Waals surface area contributed by atoms with Gasteiger partial charge < -0.3 is 15.2 Å². The molecule has 0 saturated heterocycles. The molecule has 1 unspecified atom stereocenters. The molecule has 2 saturated carbocycles. The van der Waals surface area contributed by atoms with Crippen LogP contribution in [-0.2, 0) is 0 Å². The van der Waals surface area contributed by atoms with Crippen molar-refractivity contribution >= 4 is 24.8 Å². The van der Waals surface area contributed by atoms with Gasteiger partial charge >= 0.3 is 0 Å². The number of nitrogens with two attached hydrogens (primary N) is 1. The molecule has 2 fully saturated rings. The van der Waals surface area contributed by atoms with Crippen LogP contribution in [0.4, 0.5) is 0 Å². The highest BCUT2D eigenvalue weighted by atomic mass is 35.5. The molecule has 0 bridgehead atoms. The first-order valence-corrected chi connectivity index (χ1v) is 20.7. The lowest BCUT2D eigenvalue weighted by Gasteiger charge is -2.40. The highest BCUT2D eigenvalue weighted by Crippen LogP contribution is 2.60. The van der Waals surface area contributed by atoms with E-state index in [2.05, 4.69) is 84.9 Å². The van der Waals surface area contributed by atoms with Gasteiger partial charge in [0.1, 0.15) is 11.5 Å². The number of hydrogen-bond donors (Lipinski definition) is 1. The van der Waals surface area contributed by atoms with E-state index in [1.807, 2.05) is 14.2 Å². The van der Waals surface area contributed by atoms with E-state index in [9.17, 15) is 0 Å². The molecule has 0 aliphatic heterocycles. The van der Waals surface area contributed by atoms with Crippen LogP contribution in [0.25, 0.3) is 22.3 Å². The van der Waals surface area contributed by atoms with Crippen molar-refractivity contribution in [3.8, 4) is 33.8 Å². The van der Waals surface area contributed by atoms with E-state index in [-0.39, 0.29) is 17.9 Å². The Bertz CT molecular complexity index is 1530. The summed E-state index contributed by atoms with van der Waals surface area (Å²) in [5.41, 5.74) is 18.0. The summed E-state index contributed by atoms with van der Waals surface area (Å²) < 4.78 is 13.3. The molecule has 5 rings (SSSR count). The topological polar surface area (TPSA) is 44.5 Å². The number of ether oxygens (including phenoxy) is 2. The van der Waals surface area contributed by atoms with Crippen molar-refractivity contribution in [2.24, 2.45) is 5.73 Å². The Morgan fingerprint density at radius 2 is 1.15 bits per heavy atom. The molecule has 3 aromatic rings.